The van der Waals surface area contributed by atoms with Crippen molar-refractivity contribution in [1.82, 2.24) is 4.98 Å². The number of fused-ring (bicyclic) bond motifs is 1. The number of hydrogen-bond donors (Lipinski definition) is 0. The second-order valence-corrected chi connectivity index (χ2v) is 6.15. The van der Waals surface area contributed by atoms with E-state index in [4.69, 9.17) is 4.74 Å². The Morgan fingerprint density at radius 3 is 2.86 bits per heavy atom. The maximum atomic E-state index is 12.7. The Balaban J connectivity index is 1.85. The van der Waals surface area contributed by atoms with Crippen LogP contribution in [-0.4, -0.2) is 25.0 Å². The Labute approximate surface area is 128 Å². The standard InChI is InChI=1S/C16H18N2O2S/c1-18(11-7-8-15(20-2)17-9-11)16(19)13-10-21-14-6-4-3-5-12(13)14/h7-10H,3-6H2,1-2H3. The molecule has 0 bridgehead atoms. The molecule has 110 valence electrons. The number of carbonyl (C=O) groups is 1. The van der Waals surface area contributed by atoms with E-state index in [1.165, 1.54) is 23.3 Å². The number of methoxy groups -OCH3 is 1. The molecule has 1 aliphatic rings. The fourth-order valence-electron chi connectivity index (χ4n) is 2.66. The summed E-state index contributed by atoms with van der Waals surface area (Å²) in [6, 6.07) is 3.62. The molecule has 0 unspecified atom stereocenters. The predicted octanol–water partition coefficient (Wildman–Crippen LogP) is 3.31. The SMILES string of the molecule is COc1ccc(N(C)C(=O)c2csc3c2CCCC3)cn1. The van der Waals surface area contributed by atoms with Crippen LogP contribution < -0.4 is 9.64 Å². The van der Waals surface area contributed by atoms with E-state index in [-0.39, 0.29) is 5.91 Å². The average molecular weight is 302 g/mol. The lowest BCUT2D eigenvalue weighted by molar-refractivity contribution is 0.0992. The van der Waals surface area contributed by atoms with Crippen molar-refractivity contribution in [1.29, 1.82) is 0 Å². The van der Waals surface area contributed by atoms with Crippen LogP contribution in [0.5, 0.6) is 5.88 Å². The molecule has 1 aliphatic carbocycles. The van der Waals surface area contributed by atoms with Crippen LogP contribution in [0.25, 0.3) is 0 Å². The second kappa shape index (κ2) is 5.85. The summed E-state index contributed by atoms with van der Waals surface area (Å²) in [7, 11) is 3.37. The number of nitrogens with zero attached hydrogens (tertiary/aromatic N) is 2. The molecule has 0 atom stereocenters. The number of thiophene rings is 1. The highest BCUT2D eigenvalue weighted by Gasteiger charge is 2.23. The summed E-state index contributed by atoms with van der Waals surface area (Å²) in [5.74, 6) is 0.592. The van der Waals surface area contributed by atoms with Gasteiger partial charge in [-0.3, -0.25) is 4.79 Å². The molecule has 0 fully saturated rings. The van der Waals surface area contributed by atoms with Crippen molar-refractivity contribution in [2.24, 2.45) is 0 Å². The Hall–Kier alpha value is -1.88. The number of hydrogen-bond acceptors (Lipinski definition) is 4. The number of aromatic nitrogens is 1. The zero-order valence-corrected chi connectivity index (χ0v) is 13.1. The molecule has 0 aliphatic heterocycles. The molecule has 0 N–H and O–H groups in total. The highest BCUT2D eigenvalue weighted by molar-refractivity contribution is 7.10. The van der Waals surface area contributed by atoms with E-state index in [1.54, 1.807) is 42.7 Å². The fraction of sp³-hybridized carbons (Fsp3) is 0.375. The normalized spacial score (nSPS) is 13.6. The summed E-state index contributed by atoms with van der Waals surface area (Å²) in [4.78, 5) is 19.9. The molecule has 0 aromatic carbocycles. The van der Waals surface area contributed by atoms with Gasteiger partial charge in [0.15, 0.2) is 0 Å². The molecular formula is C16H18N2O2S. The van der Waals surface area contributed by atoms with E-state index in [1.807, 2.05) is 11.4 Å². The van der Waals surface area contributed by atoms with Gasteiger partial charge in [0.2, 0.25) is 5.88 Å². The van der Waals surface area contributed by atoms with Crippen LogP contribution in [0.15, 0.2) is 23.7 Å². The maximum Gasteiger partial charge on any atom is 0.259 e. The summed E-state index contributed by atoms with van der Waals surface area (Å²) in [6.07, 6.45) is 6.21. The number of pyridine rings is 1. The number of carbonyl (C=O) groups excluding carboxylic acids is 1. The van der Waals surface area contributed by atoms with Gasteiger partial charge in [0.1, 0.15) is 0 Å². The van der Waals surface area contributed by atoms with Gasteiger partial charge in [-0.15, -0.1) is 11.3 Å². The fourth-order valence-corrected chi connectivity index (χ4v) is 3.78. The minimum atomic E-state index is 0.0429. The Kier molecular flexibility index (Phi) is 3.92. The van der Waals surface area contributed by atoms with Crippen LogP contribution in [-0.2, 0) is 12.8 Å². The molecule has 0 spiro atoms. The van der Waals surface area contributed by atoms with Crippen molar-refractivity contribution in [2.75, 3.05) is 19.1 Å². The van der Waals surface area contributed by atoms with Crippen molar-refractivity contribution in [3.63, 3.8) is 0 Å². The van der Waals surface area contributed by atoms with Gasteiger partial charge in [0.25, 0.3) is 5.91 Å². The molecule has 0 saturated carbocycles. The molecule has 0 radical (unpaired) electrons. The number of aryl methyl sites for hydroxylation is 1. The first-order chi connectivity index (χ1) is 10.2. The Morgan fingerprint density at radius 1 is 1.33 bits per heavy atom. The number of rotatable bonds is 3. The highest BCUT2D eigenvalue weighted by Crippen LogP contribution is 2.31. The molecule has 5 heteroatoms. The van der Waals surface area contributed by atoms with E-state index in [0.717, 1.165) is 24.1 Å². The van der Waals surface area contributed by atoms with Gasteiger partial charge in [0, 0.05) is 23.4 Å². The van der Waals surface area contributed by atoms with E-state index >= 15 is 0 Å². The molecule has 0 saturated heterocycles. The van der Waals surface area contributed by atoms with Gasteiger partial charge in [0.05, 0.1) is 24.6 Å². The van der Waals surface area contributed by atoms with Gasteiger partial charge in [-0.1, -0.05) is 0 Å². The predicted molar refractivity (Wildman–Crippen MR) is 84.5 cm³/mol. The van der Waals surface area contributed by atoms with E-state index in [2.05, 4.69) is 4.98 Å². The lowest BCUT2D eigenvalue weighted by Gasteiger charge is -2.19. The van der Waals surface area contributed by atoms with Crippen molar-refractivity contribution in [3.8, 4) is 5.88 Å². The molecule has 2 aromatic heterocycles. The third-order valence-corrected chi connectivity index (χ3v) is 5.00. The zero-order chi connectivity index (χ0) is 14.8. The Morgan fingerprint density at radius 2 is 2.14 bits per heavy atom. The number of ether oxygens (including phenoxy) is 1. The van der Waals surface area contributed by atoms with Crippen LogP contribution in [0.2, 0.25) is 0 Å². The minimum absolute atomic E-state index is 0.0429. The van der Waals surface area contributed by atoms with Crippen LogP contribution in [0.4, 0.5) is 5.69 Å². The summed E-state index contributed by atoms with van der Waals surface area (Å²) in [5.41, 5.74) is 2.88. The molecular weight excluding hydrogens is 284 g/mol. The van der Waals surface area contributed by atoms with E-state index in [9.17, 15) is 4.79 Å². The number of anilines is 1. The quantitative estimate of drug-likeness (QED) is 0.873. The zero-order valence-electron chi connectivity index (χ0n) is 12.3. The minimum Gasteiger partial charge on any atom is -0.481 e. The summed E-state index contributed by atoms with van der Waals surface area (Å²) in [6.45, 7) is 0. The lowest BCUT2D eigenvalue weighted by Crippen LogP contribution is -2.27. The van der Waals surface area contributed by atoms with Gasteiger partial charge < -0.3 is 9.64 Å². The smallest absolute Gasteiger partial charge is 0.259 e. The molecule has 2 aromatic rings. The highest BCUT2D eigenvalue weighted by atomic mass is 32.1. The first-order valence-corrected chi connectivity index (χ1v) is 7.96. The van der Waals surface area contributed by atoms with Gasteiger partial charge in [-0.2, -0.15) is 0 Å². The van der Waals surface area contributed by atoms with Crippen LogP contribution in [0.3, 0.4) is 0 Å². The van der Waals surface area contributed by atoms with E-state index < -0.39 is 0 Å². The third-order valence-electron chi connectivity index (χ3n) is 3.91. The lowest BCUT2D eigenvalue weighted by atomic mass is 9.95. The second-order valence-electron chi connectivity index (χ2n) is 5.18. The molecule has 2 heterocycles. The maximum absolute atomic E-state index is 12.7. The van der Waals surface area contributed by atoms with Gasteiger partial charge in [-0.25, -0.2) is 4.98 Å². The van der Waals surface area contributed by atoms with Gasteiger partial charge >= 0.3 is 0 Å². The van der Waals surface area contributed by atoms with Crippen LogP contribution >= 0.6 is 11.3 Å². The molecule has 1 amide bonds. The first kappa shape index (κ1) is 14.1. The van der Waals surface area contributed by atoms with Crippen molar-refractivity contribution >= 4 is 22.9 Å². The summed E-state index contributed by atoms with van der Waals surface area (Å²) in [5, 5.41) is 2.01. The summed E-state index contributed by atoms with van der Waals surface area (Å²) < 4.78 is 5.04. The van der Waals surface area contributed by atoms with Crippen LogP contribution in [0.1, 0.15) is 33.6 Å². The Bertz CT molecular complexity index is 649. The monoisotopic (exact) mass is 302 g/mol. The third kappa shape index (κ3) is 2.65. The molecule has 21 heavy (non-hydrogen) atoms. The molecule has 4 nitrogen and oxygen atoms in total. The average Bonchev–Trinajstić information content (AvgIpc) is 2.97. The van der Waals surface area contributed by atoms with E-state index in [0.29, 0.717) is 5.88 Å². The van der Waals surface area contributed by atoms with Crippen molar-refractivity contribution < 1.29 is 9.53 Å². The first-order valence-electron chi connectivity index (χ1n) is 7.08. The van der Waals surface area contributed by atoms with Crippen molar-refractivity contribution in [3.05, 3.63) is 39.7 Å². The molecule has 3 rings (SSSR count). The van der Waals surface area contributed by atoms with Crippen molar-refractivity contribution in [2.45, 2.75) is 25.7 Å². The van der Waals surface area contributed by atoms with Crippen LogP contribution in [0, 0.1) is 0 Å². The number of amides is 1. The summed E-state index contributed by atoms with van der Waals surface area (Å²) >= 11 is 1.72. The largest absolute Gasteiger partial charge is 0.481 e. The van der Waals surface area contributed by atoms with Gasteiger partial charge in [-0.05, 0) is 37.3 Å². The topological polar surface area (TPSA) is 42.4 Å².